The van der Waals surface area contributed by atoms with Crippen LogP contribution in [0.3, 0.4) is 0 Å². The minimum Gasteiger partial charge on any atom is -0.301 e. The molecule has 0 atom stereocenters. The van der Waals surface area contributed by atoms with Gasteiger partial charge in [-0.15, -0.1) is 0 Å². The van der Waals surface area contributed by atoms with Crippen LogP contribution in [0.1, 0.15) is 25.4 Å². The lowest BCUT2D eigenvalue weighted by Crippen LogP contribution is -1.91. The standard InChI is InChI=1S/C9H10N2.C2H6/c1-7-4-3-5-9-6-10-8(2)11(7)9;1-2/h3-6H,1-2H3;1-2H3. The van der Waals surface area contributed by atoms with Gasteiger partial charge in [0.25, 0.3) is 0 Å². The fourth-order valence-electron chi connectivity index (χ4n) is 1.40. The number of pyridine rings is 1. The predicted octanol–water partition coefficient (Wildman–Crippen LogP) is 2.98. The van der Waals surface area contributed by atoms with Crippen LogP contribution < -0.4 is 0 Å². The molecule has 0 saturated carbocycles. The molecule has 0 spiro atoms. The van der Waals surface area contributed by atoms with Gasteiger partial charge in [-0.05, 0) is 26.0 Å². The number of rotatable bonds is 0. The summed E-state index contributed by atoms with van der Waals surface area (Å²) >= 11 is 0. The van der Waals surface area contributed by atoms with Crippen LogP contribution in [-0.2, 0) is 0 Å². The molecule has 0 radical (unpaired) electrons. The highest BCUT2D eigenvalue weighted by atomic mass is 15.0. The van der Waals surface area contributed by atoms with Gasteiger partial charge in [-0.25, -0.2) is 4.98 Å². The molecule has 2 rings (SSSR count). The SMILES string of the molecule is CC.Cc1cccc2cnc(C)n12. The fourth-order valence-corrected chi connectivity index (χ4v) is 1.40. The maximum Gasteiger partial charge on any atom is 0.110 e. The average molecular weight is 176 g/mol. The lowest BCUT2D eigenvalue weighted by Gasteiger charge is -1.99. The van der Waals surface area contributed by atoms with Crippen LogP contribution in [0.15, 0.2) is 24.4 Å². The Morgan fingerprint density at radius 2 is 1.85 bits per heavy atom. The summed E-state index contributed by atoms with van der Waals surface area (Å²) in [5.74, 6) is 1.05. The molecule has 0 aliphatic carbocycles. The third-order valence-corrected chi connectivity index (χ3v) is 1.92. The highest BCUT2D eigenvalue weighted by Gasteiger charge is 1.98. The Kier molecular flexibility index (Phi) is 3.07. The molecule has 2 nitrogen and oxygen atoms in total. The van der Waals surface area contributed by atoms with Gasteiger partial charge >= 0.3 is 0 Å². The number of imidazole rings is 1. The maximum absolute atomic E-state index is 4.22. The van der Waals surface area contributed by atoms with Crippen LogP contribution in [0.2, 0.25) is 0 Å². The van der Waals surface area contributed by atoms with E-state index in [9.17, 15) is 0 Å². The van der Waals surface area contributed by atoms with Gasteiger partial charge in [0.1, 0.15) is 5.82 Å². The van der Waals surface area contributed by atoms with Crippen molar-refractivity contribution in [1.29, 1.82) is 0 Å². The number of hydrogen-bond acceptors (Lipinski definition) is 1. The van der Waals surface area contributed by atoms with E-state index in [0.29, 0.717) is 0 Å². The monoisotopic (exact) mass is 176 g/mol. The van der Waals surface area contributed by atoms with Gasteiger partial charge in [-0.3, -0.25) is 0 Å². The quantitative estimate of drug-likeness (QED) is 0.603. The van der Waals surface area contributed by atoms with Crippen LogP contribution in [0.4, 0.5) is 0 Å². The summed E-state index contributed by atoms with van der Waals surface area (Å²) < 4.78 is 2.14. The summed E-state index contributed by atoms with van der Waals surface area (Å²) in [6.45, 7) is 8.10. The van der Waals surface area contributed by atoms with Crippen LogP contribution >= 0.6 is 0 Å². The summed E-state index contributed by atoms with van der Waals surface area (Å²) in [6, 6.07) is 6.19. The number of aryl methyl sites for hydroxylation is 2. The Morgan fingerprint density at radius 3 is 2.46 bits per heavy atom. The van der Waals surface area contributed by atoms with Gasteiger partial charge in [0.05, 0.1) is 11.7 Å². The first kappa shape index (κ1) is 9.78. The Morgan fingerprint density at radius 1 is 1.15 bits per heavy atom. The second kappa shape index (κ2) is 4.08. The minimum atomic E-state index is 1.05. The highest BCUT2D eigenvalue weighted by Crippen LogP contribution is 2.08. The Labute approximate surface area is 79.2 Å². The predicted molar refractivity (Wildman–Crippen MR) is 56.0 cm³/mol. The Bertz CT molecular complexity index is 388. The third kappa shape index (κ3) is 1.72. The number of hydrogen-bond donors (Lipinski definition) is 0. The van der Waals surface area contributed by atoms with E-state index in [1.807, 2.05) is 33.0 Å². The van der Waals surface area contributed by atoms with E-state index >= 15 is 0 Å². The molecule has 0 bridgehead atoms. The zero-order chi connectivity index (χ0) is 9.84. The smallest absolute Gasteiger partial charge is 0.110 e. The van der Waals surface area contributed by atoms with Gasteiger partial charge in [0, 0.05) is 5.69 Å². The third-order valence-electron chi connectivity index (χ3n) is 1.92. The van der Waals surface area contributed by atoms with E-state index in [2.05, 4.69) is 28.4 Å². The molecule has 0 amide bonds. The molecule has 0 fully saturated rings. The molecule has 0 aliphatic rings. The van der Waals surface area contributed by atoms with Crippen molar-refractivity contribution < 1.29 is 0 Å². The maximum atomic E-state index is 4.22. The van der Waals surface area contributed by atoms with Crippen LogP contribution in [-0.4, -0.2) is 9.38 Å². The molecule has 70 valence electrons. The van der Waals surface area contributed by atoms with Crippen molar-refractivity contribution in [2.45, 2.75) is 27.7 Å². The van der Waals surface area contributed by atoms with Crippen LogP contribution in [0.5, 0.6) is 0 Å². The lowest BCUT2D eigenvalue weighted by molar-refractivity contribution is 0.996. The van der Waals surface area contributed by atoms with Crippen LogP contribution in [0, 0.1) is 13.8 Å². The second-order valence-corrected chi connectivity index (χ2v) is 2.73. The zero-order valence-corrected chi connectivity index (χ0v) is 8.70. The van der Waals surface area contributed by atoms with Gasteiger partial charge in [0.15, 0.2) is 0 Å². The van der Waals surface area contributed by atoms with E-state index < -0.39 is 0 Å². The summed E-state index contributed by atoms with van der Waals surface area (Å²) in [4.78, 5) is 4.22. The van der Waals surface area contributed by atoms with E-state index in [4.69, 9.17) is 0 Å². The van der Waals surface area contributed by atoms with Crippen molar-refractivity contribution in [2.24, 2.45) is 0 Å². The first-order chi connectivity index (χ1) is 6.29. The molecule has 2 heterocycles. The molecule has 2 heteroatoms. The van der Waals surface area contributed by atoms with Gasteiger partial charge in [-0.2, -0.15) is 0 Å². The molecule has 2 aromatic rings. The summed E-state index contributed by atoms with van der Waals surface area (Å²) in [6.07, 6.45) is 1.89. The first-order valence-electron chi connectivity index (χ1n) is 4.69. The molecule has 0 aliphatic heterocycles. The van der Waals surface area contributed by atoms with Crippen LogP contribution in [0.25, 0.3) is 5.52 Å². The molecule has 0 unspecified atom stereocenters. The molecule has 0 N–H and O–H groups in total. The first-order valence-corrected chi connectivity index (χ1v) is 4.69. The molecule has 0 aromatic carbocycles. The van der Waals surface area contributed by atoms with E-state index in [1.54, 1.807) is 0 Å². The van der Waals surface area contributed by atoms with Crippen molar-refractivity contribution in [1.82, 2.24) is 9.38 Å². The van der Waals surface area contributed by atoms with Crippen molar-refractivity contribution in [3.05, 3.63) is 35.9 Å². The second-order valence-electron chi connectivity index (χ2n) is 2.73. The van der Waals surface area contributed by atoms with E-state index in [1.165, 1.54) is 11.2 Å². The molecule has 13 heavy (non-hydrogen) atoms. The lowest BCUT2D eigenvalue weighted by atomic mass is 10.3. The largest absolute Gasteiger partial charge is 0.301 e. The average Bonchev–Trinajstić information content (AvgIpc) is 2.53. The highest BCUT2D eigenvalue weighted by molar-refractivity contribution is 5.46. The van der Waals surface area contributed by atoms with Crippen molar-refractivity contribution in [2.75, 3.05) is 0 Å². The molecular formula is C11H16N2. The molecular weight excluding hydrogens is 160 g/mol. The van der Waals surface area contributed by atoms with Gasteiger partial charge in [0.2, 0.25) is 0 Å². The topological polar surface area (TPSA) is 17.3 Å². The van der Waals surface area contributed by atoms with E-state index in [-0.39, 0.29) is 0 Å². The van der Waals surface area contributed by atoms with Crippen molar-refractivity contribution >= 4 is 5.52 Å². The fraction of sp³-hybridized carbons (Fsp3) is 0.364. The zero-order valence-electron chi connectivity index (χ0n) is 8.70. The van der Waals surface area contributed by atoms with E-state index in [0.717, 1.165) is 5.82 Å². The number of nitrogens with zero attached hydrogens (tertiary/aromatic N) is 2. The van der Waals surface area contributed by atoms with Gasteiger partial charge in [-0.1, -0.05) is 19.9 Å². The minimum absolute atomic E-state index is 1.05. The molecule has 2 aromatic heterocycles. The Hall–Kier alpha value is -1.31. The number of fused-ring (bicyclic) bond motifs is 1. The summed E-state index contributed by atoms with van der Waals surface area (Å²) in [7, 11) is 0. The molecule has 0 saturated heterocycles. The normalized spacial score (nSPS) is 9.54. The van der Waals surface area contributed by atoms with Gasteiger partial charge < -0.3 is 4.40 Å². The summed E-state index contributed by atoms with van der Waals surface area (Å²) in [5.41, 5.74) is 2.40. The Balaban J connectivity index is 0.000000396. The van der Waals surface area contributed by atoms with Crippen molar-refractivity contribution in [3.8, 4) is 0 Å². The number of aromatic nitrogens is 2. The van der Waals surface area contributed by atoms with Crippen molar-refractivity contribution in [3.63, 3.8) is 0 Å². The summed E-state index contributed by atoms with van der Waals surface area (Å²) in [5, 5.41) is 0.